The number of nitrogens with zero attached hydrogens (tertiary/aromatic N) is 3. The van der Waals surface area contributed by atoms with Crippen molar-refractivity contribution >= 4 is 22.4 Å². The zero-order chi connectivity index (χ0) is 16.2. The summed E-state index contributed by atoms with van der Waals surface area (Å²) < 4.78 is 0. The SMILES string of the molecule is C[C@H](C(=O)NCCc1nnc(N)s1)N1CCc2ccccc2C1. The molecule has 6 nitrogen and oxygen atoms in total. The average molecular weight is 331 g/mol. The lowest BCUT2D eigenvalue weighted by Crippen LogP contribution is -2.47. The highest BCUT2D eigenvalue weighted by Crippen LogP contribution is 2.20. The van der Waals surface area contributed by atoms with Crippen LogP contribution in [-0.4, -0.2) is 40.1 Å². The van der Waals surface area contributed by atoms with Crippen LogP contribution in [0, 0.1) is 0 Å². The fourth-order valence-electron chi connectivity index (χ4n) is 2.82. The van der Waals surface area contributed by atoms with E-state index >= 15 is 0 Å². The molecule has 1 aliphatic heterocycles. The van der Waals surface area contributed by atoms with Crippen molar-refractivity contribution in [1.82, 2.24) is 20.4 Å². The summed E-state index contributed by atoms with van der Waals surface area (Å²) in [5.41, 5.74) is 8.26. The quantitative estimate of drug-likeness (QED) is 0.861. The predicted molar refractivity (Wildman–Crippen MR) is 91.1 cm³/mol. The molecule has 23 heavy (non-hydrogen) atoms. The van der Waals surface area contributed by atoms with Gasteiger partial charge in [0.15, 0.2) is 0 Å². The third kappa shape index (κ3) is 3.86. The summed E-state index contributed by atoms with van der Waals surface area (Å²) >= 11 is 1.36. The van der Waals surface area contributed by atoms with Crippen LogP contribution in [-0.2, 0) is 24.2 Å². The molecular formula is C16H21N5OS. The first-order chi connectivity index (χ1) is 11.1. The highest BCUT2D eigenvalue weighted by Gasteiger charge is 2.24. The Morgan fingerprint density at radius 1 is 1.39 bits per heavy atom. The summed E-state index contributed by atoms with van der Waals surface area (Å²) in [6, 6.07) is 8.31. The van der Waals surface area contributed by atoms with Gasteiger partial charge in [-0.2, -0.15) is 0 Å². The number of amides is 1. The third-order valence-electron chi connectivity index (χ3n) is 4.21. The van der Waals surface area contributed by atoms with Gasteiger partial charge in [-0.15, -0.1) is 10.2 Å². The summed E-state index contributed by atoms with van der Waals surface area (Å²) in [7, 11) is 0. The standard InChI is InChI=1S/C16H21N5OS/c1-11(15(22)18-8-6-14-19-20-16(17)23-14)21-9-7-12-4-2-3-5-13(12)10-21/h2-5,11H,6-10H2,1H3,(H2,17,20)(H,18,22)/t11-/m1/s1. The Hall–Kier alpha value is -1.99. The van der Waals surface area contributed by atoms with Crippen LogP contribution < -0.4 is 11.1 Å². The summed E-state index contributed by atoms with van der Waals surface area (Å²) in [5.74, 6) is 0.0573. The summed E-state index contributed by atoms with van der Waals surface area (Å²) in [4.78, 5) is 14.6. The number of aromatic nitrogens is 2. The van der Waals surface area contributed by atoms with Crippen LogP contribution in [0.5, 0.6) is 0 Å². The van der Waals surface area contributed by atoms with Gasteiger partial charge >= 0.3 is 0 Å². The molecule has 2 aromatic rings. The first-order valence-corrected chi connectivity index (χ1v) is 8.61. The first kappa shape index (κ1) is 15.9. The van der Waals surface area contributed by atoms with Gasteiger partial charge in [0.1, 0.15) is 5.01 Å². The van der Waals surface area contributed by atoms with Crippen molar-refractivity contribution in [2.75, 3.05) is 18.8 Å². The van der Waals surface area contributed by atoms with Gasteiger partial charge in [0.05, 0.1) is 6.04 Å². The van der Waals surface area contributed by atoms with Crippen LogP contribution in [0.4, 0.5) is 5.13 Å². The van der Waals surface area contributed by atoms with Gasteiger partial charge in [0.2, 0.25) is 11.0 Å². The number of benzene rings is 1. The van der Waals surface area contributed by atoms with Gasteiger partial charge in [-0.25, -0.2) is 0 Å². The molecule has 1 aromatic carbocycles. The fraction of sp³-hybridized carbons (Fsp3) is 0.438. The zero-order valence-electron chi connectivity index (χ0n) is 13.2. The molecular weight excluding hydrogens is 310 g/mol. The molecule has 0 saturated heterocycles. The number of rotatable bonds is 5. The fourth-order valence-corrected chi connectivity index (χ4v) is 3.43. The average Bonchev–Trinajstić information content (AvgIpc) is 2.99. The van der Waals surface area contributed by atoms with E-state index in [1.54, 1.807) is 0 Å². The molecule has 1 amide bonds. The van der Waals surface area contributed by atoms with E-state index in [4.69, 9.17) is 5.73 Å². The Labute approximate surface area is 139 Å². The summed E-state index contributed by atoms with van der Waals surface area (Å²) in [6.45, 7) is 4.27. The topological polar surface area (TPSA) is 84.1 Å². The monoisotopic (exact) mass is 331 g/mol. The summed E-state index contributed by atoms with van der Waals surface area (Å²) in [6.07, 6.45) is 1.66. The molecule has 7 heteroatoms. The van der Waals surface area contributed by atoms with E-state index < -0.39 is 0 Å². The molecule has 3 N–H and O–H groups in total. The number of nitrogens with two attached hydrogens (primary N) is 1. The minimum Gasteiger partial charge on any atom is -0.374 e. The molecule has 2 heterocycles. The molecule has 3 rings (SSSR count). The predicted octanol–water partition coefficient (Wildman–Crippen LogP) is 1.23. The normalized spacial score (nSPS) is 15.9. The number of hydrogen-bond acceptors (Lipinski definition) is 6. The Bertz CT molecular complexity index is 687. The van der Waals surface area contributed by atoms with Crippen molar-refractivity contribution in [3.8, 4) is 0 Å². The van der Waals surface area contributed by atoms with Crippen molar-refractivity contribution in [1.29, 1.82) is 0 Å². The van der Waals surface area contributed by atoms with E-state index in [1.165, 1.54) is 22.5 Å². The van der Waals surface area contributed by atoms with Crippen molar-refractivity contribution in [2.45, 2.75) is 32.4 Å². The van der Waals surface area contributed by atoms with Crippen molar-refractivity contribution in [3.05, 3.63) is 40.4 Å². The highest BCUT2D eigenvalue weighted by atomic mass is 32.1. The number of nitrogen functional groups attached to an aromatic ring is 1. The van der Waals surface area contributed by atoms with Crippen LogP contribution in [0.3, 0.4) is 0 Å². The van der Waals surface area contributed by atoms with Gasteiger partial charge in [0.25, 0.3) is 0 Å². The molecule has 1 aliphatic rings. The number of hydrogen-bond donors (Lipinski definition) is 2. The van der Waals surface area contributed by atoms with E-state index in [0.717, 1.165) is 24.5 Å². The van der Waals surface area contributed by atoms with Crippen molar-refractivity contribution in [2.24, 2.45) is 0 Å². The van der Waals surface area contributed by atoms with E-state index in [0.29, 0.717) is 18.1 Å². The molecule has 0 spiro atoms. The molecule has 0 radical (unpaired) electrons. The van der Waals surface area contributed by atoms with Crippen LogP contribution in [0.1, 0.15) is 23.1 Å². The van der Waals surface area contributed by atoms with Crippen LogP contribution in [0.25, 0.3) is 0 Å². The maximum Gasteiger partial charge on any atom is 0.237 e. The largest absolute Gasteiger partial charge is 0.374 e. The van der Waals surface area contributed by atoms with Gasteiger partial charge < -0.3 is 11.1 Å². The van der Waals surface area contributed by atoms with Crippen molar-refractivity contribution < 1.29 is 4.79 Å². The highest BCUT2D eigenvalue weighted by molar-refractivity contribution is 7.15. The Kier molecular flexibility index (Phi) is 4.88. The molecule has 1 aromatic heterocycles. The Morgan fingerprint density at radius 2 is 2.17 bits per heavy atom. The maximum atomic E-state index is 12.3. The minimum atomic E-state index is -0.136. The molecule has 0 bridgehead atoms. The lowest BCUT2D eigenvalue weighted by molar-refractivity contribution is -0.126. The van der Waals surface area contributed by atoms with E-state index in [2.05, 4.69) is 44.7 Å². The van der Waals surface area contributed by atoms with Gasteiger partial charge in [0, 0.05) is 26.1 Å². The molecule has 122 valence electrons. The second-order valence-corrected chi connectivity index (χ2v) is 6.83. The van der Waals surface area contributed by atoms with E-state index in [9.17, 15) is 4.79 Å². The van der Waals surface area contributed by atoms with Crippen LogP contribution >= 0.6 is 11.3 Å². The summed E-state index contributed by atoms with van der Waals surface area (Å²) in [5, 5.41) is 12.0. The third-order valence-corrected chi connectivity index (χ3v) is 5.02. The zero-order valence-corrected chi connectivity index (χ0v) is 14.0. The lowest BCUT2D eigenvalue weighted by Gasteiger charge is -2.32. The number of anilines is 1. The van der Waals surface area contributed by atoms with Gasteiger partial charge in [-0.3, -0.25) is 9.69 Å². The van der Waals surface area contributed by atoms with E-state index in [-0.39, 0.29) is 11.9 Å². The minimum absolute atomic E-state index is 0.0573. The van der Waals surface area contributed by atoms with Gasteiger partial charge in [-0.1, -0.05) is 35.6 Å². The second-order valence-electron chi connectivity index (χ2n) is 5.74. The van der Waals surface area contributed by atoms with Crippen LogP contribution in [0.2, 0.25) is 0 Å². The molecule has 1 atom stereocenters. The van der Waals surface area contributed by atoms with Crippen LogP contribution in [0.15, 0.2) is 24.3 Å². The maximum absolute atomic E-state index is 12.3. The van der Waals surface area contributed by atoms with Gasteiger partial charge in [-0.05, 0) is 24.5 Å². The van der Waals surface area contributed by atoms with E-state index in [1.807, 2.05) is 6.92 Å². The van der Waals surface area contributed by atoms with Crippen molar-refractivity contribution in [3.63, 3.8) is 0 Å². The molecule has 0 saturated carbocycles. The number of carbonyl (C=O) groups is 1. The Balaban J connectivity index is 1.50. The molecule has 0 aliphatic carbocycles. The number of carbonyl (C=O) groups excluding carboxylic acids is 1. The first-order valence-electron chi connectivity index (χ1n) is 7.80. The second kappa shape index (κ2) is 7.06. The number of fused-ring (bicyclic) bond motifs is 1. The molecule has 0 unspecified atom stereocenters. The lowest BCUT2D eigenvalue weighted by atomic mass is 9.99. The Morgan fingerprint density at radius 3 is 2.91 bits per heavy atom. The molecule has 0 fully saturated rings. The smallest absolute Gasteiger partial charge is 0.237 e. The number of nitrogens with one attached hydrogen (secondary N) is 1.